The Hall–Kier alpha value is -3.06. The lowest BCUT2D eigenvalue weighted by Gasteiger charge is -2.16. The number of hydrogen-bond donors (Lipinski definition) is 2. The number of hydrogen-bond acceptors (Lipinski definition) is 4. The van der Waals surface area contributed by atoms with Crippen LogP contribution in [0, 0.1) is 0 Å². The Morgan fingerprint density at radius 3 is 2.64 bits per heavy atom. The Labute approximate surface area is 201 Å². The summed E-state index contributed by atoms with van der Waals surface area (Å²) in [6, 6.07) is 21.7. The van der Waals surface area contributed by atoms with Crippen molar-refractivity contribution in [2.24, 2.45) is 0 Å². The van der Waals surface area contributed by atoms with Crippen LogP contribution in [0.2, 0.25) is 10.0 Å². The second kappa shape index (κ2) is 10.7. The van der Waals surface area contributed by atoms with Gasteiger partial charge in [0.1, 0.15) is 24.3 Å². The molecular weight excluding hydrogens is 461 g/mol. The van der Waals surface area contributed by atoms with Crippen LogP contribution in [0.15, 0.2) is 72.8 Å². The largest absolute Gasteiger partial charge is 0.489 e. The molecule has 0 bridgehead atoms. The van der Waals surface area contributed by atoms with Gasteiger partial charge >= 0.3 is 0 Å². The molecule has 1 amide bonds. The Kier molecular flexibility index (Phi) is 7.50. The first-order valence-corrected chi connectivity index (χ1v) is 11.3. The maximum absolute atomic E-state index is 12.3. The summed E-state index contributed by atoms with van der Waals surface area (Å²) in [6.45, 7) is 0.735. The van der Waals surface area contributed by atoms with Gasteiger partial charge in [-0.25, -0.2) is 4.98 Å². The second-order valence-electron chi connectivity index (χ2n) is 7.54. The molecule has 0 radical (unpaired) electrons. The SMILES string of the molecule is O=C(NCCc1nc2ccccc2n1C[C@@H](O)COc1cc(Cl)ccc1Cl)c1ccccc1. The summed E-state index contributed by atoms with van der Waals surface area (Å²) in [5, 5.41) is 14.5. The van der Waals surface area contributed by atoms with E-state index in [4.69, 9.17) is 32.9 Å². The highest BCUT2D eigenvalue weighted by molar-refractivity contribution is 6.34. The maximum atomic E-state index is 12.3. The van der Waals surface area contributed by atoms with Gasteiger partial charge < -0.3 is 19.7 Å². The monoisotopic (exact) mass is 483 g/mol. The number of aliphatic hydroxyl groups excluding tert-OH is 1. The number of rotatable bonds is 9. The fraction of sp³-hybridized carbons (Fsp3) is 0.200. The third-order valence-corrected chi connectivity index (χ3v) is 5.67. The molecule has 0 fully saturated rings. The number of nitrogens with one attached hydrogen (secondary N) is 1. The van der Waals surface area contributed by atoms with E-state index in [0.29, 0.717) is 34.3 Å². The van der Waals surface area contributed by atoms with Crippen LogP contribution in [0.5, 0.6) is 5.75 Å². The number of carbonyl (C=O) groups is 1. The number of aromatic nitrogens is 2. The molecule has 6 nitrogen and oxygen atoms in total. The summed E-state index contributed by atoms with van der Waals surface area (Å²) in [5.41, 5.74) is 2.34. The van der Waals surface area contributed by atoms with Gasteiger partial charge in [-0.3, -0.25) is 4.79 Å². The predicted molar refractivity (Wildman–Crippen MR) is 130 cm³/mol. The molecule has 4 rings (SSSR count). The molecule has 2 N–H and O–H groups in total. The topological polar surface area (TPSA) is 76.4 Å². The normalized spacial score (nSPS) is 12.0. The molecule has 0 aliphatic heterocycles. The lowest BCUT2D eigenvalue weighted by molar-refractivity contribution is 0.0923. The fourth-order valence-electron chi connectivity index (χ4n) is 3.54. The van der Waals surface area contributed by atoms with Gasteiger partial charge in [0.15, 0.2) is 0 Å². The van der Waals surface area contributed by atoms with Crippen LogP contribution >= 0.6 is 23.2 Å². The van der Waals surface area contributed by atoms with E-state index in [0.717, 1.165) is 16.9 Å². The molecule has 3 aromatic carbocycles. The van der Waals surface area contributed by atoms with E-state index in [1.165, 1.54) is 0 Å². The van der Waals surface area contributed by atoms with Gasteiger partial charge in [0.05, 0.1) is 22.6 Å². The molecule has 0 spiro atoms. The van der Waals surface area contributed by atoms with E-state index in [-0.39, 0.29) is 19.1 Å². The third-order valence-electron chi connectivity index (χ3n) is 5.12. The zero-order chi connectivity index (χ0) is 23.2. The van der Waals surface area contributed by atoms with Gasteiger partial charge in [0.2, 0.25) is 0 Å². The fourth-order valence-corrected chi connectivity index (χ4v) is 3.87. The summed E-state index contributed by atoms with van der Waals surface area (Å²) in [4.78, 5) is 17.0. The Balaban J connectivity index is 1.43. The van der Waals surface area contributed by atoms with Crippen LogP contribution in [0.3, 0.4) is 0 Å². The zero-order valence-electron chi connectivity index (χ0n) is 17.7. The number of benzene rings is 3. The number of aliphatic hydroxyl groups is 1. The van der Waals surface area contributed by atoms with Crippen LogP contribution in [0.4, 0.5) is 0 Å². The highest BCUT2D eigenvalue weighted by Crippen LogP contribution is 2.28. The van der Waals surface area contributed by atoms with E-state index >= 15 is 0 Å². The van der Waals surface area contributed by atoms with Crippen molar-refractivity contribution in [1.82, 2.24) is 14.9 Å². The Bertz CT molecular complexity index is 1240. The smallest absolute Gasteiger partial charge is 0.251 e. The number of ether oxygens (including phenoxy) is 1. The number of nitrogens with zero attached hydrogens (tertiary/aromatic N) is 2. The van der Waals surface area contributed by atoms with Crippen molar-refractivity contribution >= 4 is 40.1 Å². The average Bonchev–Trinajstić information content (AvgIpc) is 3.17. The molecule has 1 atom stereocenters. The molecule has 0 saturated carbocycles. The molecule has 33 heavy (non-hydrogen) atoms. The molecule has 1 heterocycles. The lowest BCUT2D eigenvalue weighted by atomic mass is 10.2. The molecule has 0 unspecified atom stereocenters. The highest BCUT2D eigenvalue weighted by atomic mass is 35.5. The molecule has 1 aromatic heterocycles. The van der Waals surface area contributed by atoms with Gasteiger partial charge in [0.25, 0.3) is 5.91 Å². The van der Waals surface area contributed by atoms with Crippen LogP contribution in [-0.2, 0) is 13.0 Å². The van der Waals surface area contributed by atoms with E-state index < -0.39 is 6.10 Å². The summed E-state index contributed by atoms with van der Waals surface area (Å²) in [7, 11) is 0. The second-order valence-corrected chi connectivity index (χ2v) is 8.38. The van der Waals surface area contributed by atoms with Crippen LogP contribution < -0.4 is 10.1 Å². The van der Waals surface area contributed by atoms with Crippen molar-refractivity contribution in [2.45, 2.75) is 19.1 Å². The quantitative estimate of drug-likeness (QED) is 0.360. The van der Waals surface area contributed by atoms with Gasteiger partial charge in [-0.2, -0.15) is 0 Å². The van der Waals surface area contributed by atoms with Crippen LogP contribution in [0.1, 0.15) is 16.2 Å². The number of halogens is 2. The summed E-state index contributed by atoms with van der Waals surface area (Å²) in [6.07, 6.45) is -0.295. The number of imidazole rings is 1. The summed E-state index contributed by atoms with van der Waals surface area (Å²) >= 11 is 12.1. The van der Waals surface area contributed by atoms with Crippen molar-refractivity contribution in [3.63, 3.8) is 0 Å². The molecule has 0 aliphatic rings. The lowest BCUT2D eigenvalue weighted by Crippen LogP contribution is -2.28. The van der Waals surface area contributed by atoms with E-state index in [9.17, 15) is 9.90 Å². The number of carbonyl (C=O) groups excluding carboxylic acids is 1. The first-order valence-electron chi connectivity index (χ1n) is 10.5. The van der Waals surface area contributed by atoms with Crippen molar-refractivity contribution < 1.29 is 14.6 Å². The first-order chi connectivity index (χ1) is 16.0. The summed E-state index contributed by atoms with van der Waals surface area (Å²) in [5.74, 6) is 1.05. The summed E-state index contributed by atoms with van der Waals surface area (Å²) < 4.78 is 7.64. The van der Waals surface area contributed by atoms with E-state index in [1.807, 2.05) is 47.0 Å². The number of fused-ring (bicyclic) bond motifs is 1. The molecule has 0 aliphatic carbocycles. The van der Waals surface area contributed by atoms with Crippen LogP contribution in [-0.4, -0.2) is 39.8 Å². The van der Waals surface area contributed by atoms with E-state index in [2.05, 4.69) is 5.32 Å². The minimum absolute atomic E-state index is 0.0384. The average molecular weight is 484 g/mol. The predicted octanol–water partition coefficient (Wildman–Crippen LogP) is 4.76. The molecule has 170 valence electrons. The molecule has 0 saturated heterocycles. The highest BCUT2D eigenvalue weighted by Gasteiger charge is 2.16. The van der Waals surface area contributed by atoms with Gasteiger partial charge in [-0.1, -0.05) is 53.5 Å². The third kappa shape index (κ3) is 5.85. The number of para-hydroxylation sites is 2. The van der Waals surface area contributed by atoms with Gasteiger partial charge in [0, 0.05) is 29.6 Å². The molecule has 8 heteroatoms. The van der Waals surface area contributed by atoms with Crippen molar-refractivity contribution in [2.75, 3.05) is 13.2 Å². The maximum Gasteiger partial charge on any atom is 0.251 e. The van der Waals surface area contributed by atoms with Crippen LogP contribution in [0.25, 0.3) is 11.0 Å². The van der Waals surface area contributed by atoms with Crippen molar-refractivity contribution in [3.8, 4) is 5.75 Å². The van der Waals surface area contributed by atoms with E-state index in [1.54, 1.807) is 30.3 Å². The Morgan fingerprint density at radius 2 is 1.82 bits per heavy atom. The Morgan fingerprint density at radius 1 is 1.06 bits per heavy atom. The first kappa shape index (κ1) is 23.1. The molecular formula is C25H23Cl2N3O3. The van der Waals surface area contributed by atoms with Crippen molar-refractivity contribution in [3.05, 3.63) is 94.2 Å². The number of amides is 1. The standard InChI is InChI=1S/C25H23Cl2N3O3/c26-18-10-11-20(27)23(14-18)33-16-19(31)15-30-22-9-5-4-8-21(22)29-24(30)12-13-28-25(32)17-6-2-1-3-7-17/h1-11,14,19,31H,12-13,15-16H2,(H,28,32)/t19-/m1/s1. The minimum Gasteiger partial charge on any atom is -0.489 e. The van der Waals surface area contributed by atoms with Gasteiger partial charge in [-0.15, -0.1) is 0 Å². The molecule has 4 aromatic rings. The minimum atomic E-state index is -0.810. The van der Waals surface area contributed by atoms with Crippen molar-refractivity contribution in [1.29, 1.82) is 0 Å². The van der Waals surface area contributed by atoms with Gasteiger partial charge in [-0.05, 0) is 36.4 Å². The zero-order valence-corrected chi connectivity index (χ0v) is 19.3.